The molecule has 0 amide bonds. The lowest BCUT2D eigenvalue weighted by Gasteiger charge is -2.28. The summed E-state index contributed by atoms with van der Waals surface area (Å²) in [7, 11) is 2.04. The fourth-order valence-electron chi connectivity index (χ4n) is 2.80. The van der Waals surface area contributed by atoms with E-state index in [-0.39, 0.29) is 0 Å². The molecule has 0 spiro atoms. The molecule has 1 atom stereocenters. The Morgan fingerprint density at radius 1 is 0.950 bits per heavy atom. The van der Waals surface area contributed by atoms with Crippen molar-refractivity contribution in [2.75, 3.05) is 25.0 Å². The van der Waals surface area contributed by atoms with Crippen LogP contribution in [0, 0.1) is 5.92 Å². The van der Waals surface area contributed by atoms with Gasteiger partial charge in [-0.2, -0.15) is 0 Å². The highest BCUT2D eigenvalue weighted by Gasteiger charge is 2.12. The van der Waals surface area contributed by atoms with Gasteiger partial charge in [0.15, 0.2) is 0 Å². The third-order valence-electron chi connectivity index (χ3n) is 4.43. The predicted molar refractivity (Wildman–Crippen MR) is 90.5 cm³/mol. The van der Waals surface area contributed by atoms with Crippen LogP contribution in [0.5, 0.6) is 0 Å². The van der Waals surface area contributed by atoms with E-state index < -0.39 is 0 Å². The van der Waals surface area contributed by atoms with Gasteiger partial charge in [-0.3, -0.25) is 0 Å². The van der Waals surface area contributed by atoms with Gasteiger partial charge in [0, 0.05) is 24.8 Å². The van der Waals surface area contributed by atoms with Crippen molar-refractivity contribution >= 4 is 5.69 Å². The van der Waals surface area contributed by atoms with Gasteiger partial charge in [-0.15, -0.1) is 0 Å². The molecule has 2 heteroatoms. The first-order valence-corrected chi connectivity index (χ1v) is 8.22. The van der Waals surface area contributed by atoms with E-state index in [1.165, 1.54) is 30.6 Å². The molecule has 0 radical (unpaired) electrons. The molecule has 0 aliphatic carbocycles. The van der Waals surface area contributed by atoms with Crippen molar-refractivity contribution in [3.8, 4) is 0 Å². The lowest BCUT2D eigenvalue weighted by Crippen LogP contribution is -2.29. The summed E-state index contributed by atoms with van der Waals surface area (Å²) in [6.45, 7) is 11.3. The molecule has 0 aliphatic rings. The van der Waals surface area contributed by atoms with Gasteiger partial charge in [-0.05, 0) is 44.0 Å². The molecular formula is C18H32N2. The highest BCUT2D eigenvalue weighted by atomic mass is 15.1. The second-order valence-corrected chi connectivity index (χ2v) is 5.56. The molecule has 0 aromatic heterocycles. The number of benzene rings is 1. The molecule has 0 aliphatic heterocycles. The highest BCUT2D eigenvalue weighted by Crippen LogP contribution is 2.22. The Morgan fingerprint density at radius 3 is 1.95 bits per heavy atom. The van der Waals surface area contributed by atoms with Gasteiger partial charge in [-0.25, -0.2) is 0 Å². The number of nitrogens with zero attached hydrogens (tertiary/aromatic N) is 1. The van der Waals surface area contributed by atoms with Crippen LogP contribution in [0.2, 0.25) is 0 Å². The quantitative estimate of drug-likeness (QED) is 0.708. The third kappa shape index (κ3) is 4.52. The maximum Gasteiger partial charge on any atom is 0.0366 e. The summed E-state index contributed by atoms with van der Waals surface area (Å²) in [4.78, 5) is 2.50. The number of rotatable bonds is 9. The lowest BCUT2D eigenvalue weighted by molar-refractivity contribution is 0.486. The van der Waals surface area contributed by atoms with Crippen LogP contribution < -0.4 is 10.2 Å². The van der Waals surface area contributed by atoms with E-state index in [1.54, 1.807) is 0 Å². The van der Waals surface area contributed by atoms with Crippen LogP contribution in [0.25, 0.3) is 0 Å². The lowest BCUT2D eigenvalue weighted by atomic mass is 10.0. The van der Waals surface area contributed by atoms with Gasteiger partial charge in [-0.1, -0.05) is 45.7 Å². The Hall–Kier alpha value is -1.02. The molecule has 1 rings (SSSR count). The molecular weight excluding hydrogens is 244 g/mol. The van der Waals surface area contributed by atoms with Crippen molar-refractivity contribution in [3.05, 3.63) is 29.8 Å². The summed E-state index contributed by atoms with van der Waals surface area (Å²) in [6, 6.07) is 9.58. The zero-order valence-corrected chi connectivity index (χ0v) is 13.9. The summed E-state index contributed by atoms with van der Waals surface area (Å²) in [5.41, 5.74) is 2.74. The van der Waals surface area contributed by atoms with Gasteiger partial charge in [0.2, 0.25) is 0 Å². The van der Waals surface area contributed by atoms with Crippen LogP contribution in [0.3, 0.4) is 0 Å². The average molecular weight is 276 g/mol. The van der Waals surface area contributed by atoms with Crippen molar-refractivity contribution in [1.29, 1.82) is 0 Å². The normalized spacial score (nSPS) is 12.7. The summed E-state index contributed by atoms with van der Waals surface area (Å²) in [5, 5.41) is 3.37. The van der Waals surface area contributed by atoms with Crippen LogP contribution in [0.1, 0.15) is 58.6 Å². The molecule has 1 N–H and O–H groups in total. The van der Waals surface area contributed by atoms with Gasteiger partial charge >= 0.3 is 0 Å². The van der Waals surface area contributed by atoms with Crippen LogP contribution in [0.15, 0.2) is 24.3 Å². The van der Waals surface area contributed by atoms with Crippen LogP contribution in [0.4, 0.5) is 5.69 Å². The van der Waals surface area contributed by atoms with E-state index in [9.17, 15) is 0 Å². The molecule has 1 aromatic carbocycles. The van der Waals surface area contributed by atoms with E-state index in [4.69, 9.17) is 0 Å². The Labute approximate surface area is 125 Å². The molecule has 20 heavy (non-hydrogen) atoms. The Kier molecular flexibility index (Phi) is 7.68. The van der Waals surface area contributed by atoms with E-state index in [0.717, 1.165) is 18.9 Å². The molecule has 1 aromatic rings. The van der Waals surface area contributed by atoms with Crippen LogP contribution in [-0.4, -0.2) is 20.1 Å². The van der Waals surface area contributed by atoms with Crippen molar-refractivity contribution in [1.82, 2.24) is 5.32 Å². The minimum absolute atomic E-state index is 0.471. The first-order chi connectivity index (χ1) is 9.69. The second-order valence-electron chi connectivity index (χ2n) is 5.56. The largest absolute Gasteiger partial charge is 0.372 e. The monoisotopic (exact) mass is 276 g/mol. The van der Waals surface area contributed by atoms with E-state index in [2.05, 4.69) is 62.2 Å². The molecule has 0 fully saturated rings. The molecule has 1 unspecified atom stereocenters. The summed E-state index contributed by atoms with van der Waals surface area (Å²) >= 11 is 0. The number of nitrogens with one attached hydrogen (secondary N) is 1. The first kappa shape index (κ1) is 17.0. The average Bonchev–Trinajstić information content (AvgIpc) is 2.51. The number of hydrogen-bond acceptors (Lipinski definition) is 2. The molecule has 2 nitrogen and oxygen atoms in total. The van der Waals surface area contributed by atoms with Crippen molar-refractivity contribution < 1.29 is 0 Å². The molecule has 0 bridgehead atoms. The molecule has 114 valence electrons. The Bertz CT molecular complexity index is 350. The van der Waals surface area contributed by atoms with Gasteiger partial charge in [0.25, 0.3) is 0 Å². The maximum atomic E-state index is 3.37. The van der Waals surface area contributed by atoms with Crippen LogP contribution >= 0.6 is 0 Å². The van der Waals surface area contributed by atoms with Crippen LogP contribution in [-0.2, 0) is 0 Å². The van der Waals surface area contributed by atoms with Crippen molar-refractivity contribution in [2.24, 2.45) is 5.92 Å². The summed E-state index contributed by atoms with van der Waals surface area (Å²) in [6.07, 6.45) is 3.66. The van der Waals surface area contributed by atoms with Gasteiger partial charge in [0.05, 0.1) is 0 Å². The van der Waals surface area contributed by atoms with E-state index in [0.29, 0.717) is 6.04 Å². The molecule has 0 saturated carbocycles. The fourth-order valence-corrected chi connectivity index (χ4v) is 2.80. The van der Waals surface area contributed by atoms with Gasteiger partial charge < -0.3 is 10.2 Å². The van der Waals surface area contributed by atoms with E-state index >= 15 is 0 Å². The SMILES string of the molecule is CCC(CC)CN(CC)c1ccc(C(CC)NC)cc1. The van der Waals surface area contributed by atoms with Gasteiger partial charge in [0.1, 0.15) is 0 Å². The molecule has 0 heterocycles. The minimum atomic E-state index is 0.471. The summed E-state index contributed by atoms with van der Waals surface area (Å²) < 4.78 is 0. The first-order valence-electron chi connectivity index (χ1n) is 8.22. The smallest absolute Gasteiger partial charge is 0.0366 e. The fraction of sp³-hybridized carbons (Fsp3) is 0.667. The molecule has 0 saturated heterocycles. The predicted octanol–water partition coefficient (Wildman–Crippen LogP) is 4.62. The Morgan fingerprint density at radius 2 is 1.55 bits per heavy atom. The third-order valence-corrected chi connectivity index (χ3v) is 4.43. The van der Waals surface area contributed by atoms with Crippen molar-refractivity contribution in [3.63, 3.8) is 0 Å². The number of hydrogen-bond donors (Lipinski definition) is 1. The summed E-state index contributed by atoms with van der Waals surface area (Å²) in [5.74, 6) is 0.801. The minimum Gasteiger partial charge on any atom is -0.372 e. The Balaban J connectivity index is 2.78. The maximum absolute atomic E-state index is 3.37. The number of anilines is 1. The van der Waals surface area contributed by atoms with Crippen molar-refractivity contribution in [2.45, 2.75) is 53.0 Å². The zero-order valence-electron chi connectivity index (χ0n) is 13.9. The van der Waals surface area contributed by atoms with E-state index in [1.807, 2.05) is 7.05 Å². The zero-order chi connectivity index (χ0) is 15.0. The highest BCUT2D eigenvalue weighted by molar-refractivity contribution is 5.48. The standard InChI is InChI=1S/C18H32N2/c1-6-15(7-2)14-20(9-4)17-12-10-16(11-13-17)18(8-3)19-5/h10-13,15,18-19H,6-9,14H2,1-5H3. The topological polar surface area (TPSA) is 15.3 Å². The second kappa shape index (κ2) is 9.02.